The van der Waals surface area contributed by atoms with Gasteiger partial charge in [-0.05, 0) is 57.1 Å². The van der Waals surface area contributed by atoms with Crippen molar-refractivity contribution >= 4 is 23.2 Å². The van der Waals surface area contributed by atoms with Crippen LogP contribution in [-0.2, 0) is 4.79 Å². The maximum Gasteiger partial charge on any atom is 0.230 e. The highest BCUT2D eigenvalue weighted by Gasteiger charge is 2.50. The molecule has 1 saturated carbocycles. The van der Waals surface area contributed by atoms with Crippen molar-refractivity contribution in [3.05, 3.63) is 23.5 Å². The van der Waals surface area contributed by atoms with E-state index >= 15 is 0 Å². The van der Waals surface area contributed by atoms with E-state index in [1.54, 1.807) is 6.20 Å². The summed E-state index contributed by atoms with van der Waals surface area (Å²) in [7, 11) is 0. The van der Waals surface area contributed by atoms with Crippen molar-refractivity contribution < 1.29 is 9.90 Å². The smallest absolute Gasteiger partial charge is 0.230 e. The zero-order chi connectivity index (χ0) is 17.4. The molecule has 1 amide bonds. The minimum absolute atomic E-state index is 0.176. The van der Waals surface area contributed by atoms with E-state index in [2.05, 4.69) is 14.8 Å². The molecule has 1 aromatic rings. The summed E-state index contributed by atoms with van der Waals surface area (Å²) in [6.07, 6.45) is 8.03. The quantitative estimate of drug-likeness (QED) is 0.821. The number of rotatable bonds is 2. The monoisotopic (exact) mass is 363 g/mol. The van der Waals surface area contributed by atoms with Crippen LogP contribution in [0.15, 0.2) is 18.3 Å². The first kappa shape index (κ1) is 17.1. The summed E-state index contributed by atoms with van der Waals surface area (Å²) >= 11 is 6.05. The molecule has 3 heterocycles. The van der Waals surface area contributed by atoms with Gasteiger partial charge < -0.3 is 14.9 Å². The Bertz CT molecular complexity index is 647. The van der Waals surface area contributed by atoms with Crippen molar-refractivity contribution in [1.82, 2.24) is 9.88 Å². The first-order chi connectivity index (χ1) is 12.1. The van der Waals surface area contributed by atoms with E-state index in [0.717, 1.165) is 70.3 Å². The molecule has 0 aromatic carbocycles. The number of halogens is 1. The first-order valence-corrected chi connectivity index (χ1v) is 9.81. The highest BCUT2D eigenvalue weighted by atomic mass is 35.5. The largest absolute Gasteiger partial charge is 0.393 e. The van der Waals surface area contributed by atoms with E-state index < -0.39 is 0 Å². The number of carbonyl (C=O) groups is 1. The zero-order valence-electron chi connectivity index (χ0n) is 14.5. The number of aliphatic hydroxyl groups excluding tert-OH is 1. The average molecular weight is 364 g/mol. The summed E-state index contributed by atoms with van der Waals surface area (Å²) in [4.78, 5) is 21.8. The van der Waals surface area contributed by atoms with Gasteiger partial charge in [0.05, 0.1) is 11.5 Å². The van der Waals surface area contributed by atoms with E-state index in [1.807, 2.05) is 12.1 Å². The number of hydrogen-bond acceptors (Lipinski definition) is 4. The van der Waals surface area contributed by atoms with Gasteiger partial charge >= 0.3 is 0 Å². The van der Waals surface area contributed by atoms with Gasteiger partial charge in [-0.1, -0.05) is 11.6 Å². The van der Waals surface area contributed by atoms with E-state index in [9.17, 15) is 9.90 Å². The number of aliphatic hydroxyl groups is 1. The van der Waals surface area contributed by atoms with Crippen LogP contribution in [-0.4, -0.2) is 52.7 Å². The van der Waals surface area contributed by atoms with Crippen molar-refractivity contribution in [2.75, 3.05) is 24.5 Å². The van der Waals surface area contributed by atoms with Crippen molar-refractivity contribution in [3.8, 4) is 0 Å². The zero-order valence-corrected chi connectivity index (χ0v) is 15.3. The number of nitrogens with zero attached hydrogens (tertiary/aromatic N) is 3. The lowest BCUT2D eigenvalue weighted by atomic mass is 9.78. The number of aromatic nitrogens is 1. The number of pyridine rings is 1. The predicted octanol–water partition coefficient (Wildman–Crippen LogP) is 2.86. The van der Waals surface area contributed by atoms with Gasteiger partial charge in [0.15, 0.2) is 0 Å². The van der Waals surface area contributed by atoms with Crippen LogP contribution in [0, 0.1) is 5.41 Å². The molecule has 3 fully saturated rings. The molecule has 1 spiro atoms. The SMILES string of the molecule is O=C1N(C2CCC(O)CC2)CC[C@@]12CCCN(c1ccnc(Cl)c1)C2. The Morgan fingerprint density at radius 2 is 2.00 bits per heavy atom. The fraction of sp³-hybridized carbons (Fsp3) is 0.684. The Morgan fingerprint density at radius 1 is 1.20 bits per heavy atom. The fourth-order valence-corrected chi connectivity index (χ4v) is 5.05. The van der Waals surface area contributed by atoms with Crippen LogP contribution >= 0.6 is 11.6 Å². The highest BCUT2D eigenvalue weighted by Crippen LogP contribution is 2.43. The van der Waals surface area contributed by atoms with E-state index in [-0.39, 0.29) is 11.5 Å². The first-order valence-electron chi connectivity index (χ1n) is 9.43. The predicted molar refractivity (Wildman–Crippen MR) is 97.7 cm³/mol. The molecule has 0 bridgehead atoms. The summed E-state index contributed by atoms with van der Waals surface area (Å²) in [5.41, 5.74) is 0.815. The summed E-state index contributed by atoms with van der Waals surface area (Å²) in [6, 6.07) is 4.19. The van der Waals surface area contributed by atoms with Crippen LogP contribution in [0.25, 0.3) is 0 Å². The third-order valence-electron chi connectivity index (χ3n) is 6.30. The molecule has 0 unspecified atom stereocenters. The Balaban J connectivity index is 1.49. The molecule has 1 N–H and O–H groups in total. The Morgan fingerprint density at radius 3 is 2.76 bits per heavy atom. The second kappa shape index (κ2) is 6.76. The lowest BCUT2D eigenvalue weighted by Crippen LogP contribution is -2.50. The summed E-state index contributed by atoms with van der Waals surface area (Å²) in [6.45, 7) is 2.60. The Labute approximate surface area is 154 Å². The van der Waals surface area contributed by atoms with Gasteiger partial charge in [-0.3, -0.25) is 4.79 Å². The van der Waals surface area contributed by atoms with Crippen molar-refractivity contribution in [2.24, 2.45) is 5.41 Å². The number of piperidine rings is 1. The molecule has 5 nitrogen and oxygen atoms in total. The second-order valence-electron chi connectivity index (χ2n) is 7.85. The number of likely N-dealkylation sites (tertiary alicyclic amines) is 1. The third kappa shape index (κ3) is 3.24. The van der Waals surface area contributed by atoms with Crippen LogP contribution in [0.1, 0.15) is 44.9 Å². The van der Waals surface area contributed by atoms with Gasteiger partial charge in [-0.15, -0.1) is 0 Å². The van der Waals surface area contributed by atoms with E-state index in [0.29, 0.717) is 17.1 Å². The molecule has 2 aliphatic heterocycles. The molecule has 25 heavy (non-hydrogen) atoms. The van der Waals surface area contributed by atoms with Gasteiger partial charge in [0.2, 0.25) is 5.91 Å². The number of amides is 1. The van der Waals surface area contributed by atoms with Gasteiger partial charge in [-0.2, -0.15) is 0 Å². The Kier molecular flexibility index (Phi) is 4.63. The lowest BCUT2D eigenvalue weighted by Gasteiger charge is -2.41. The van der Waals surface area contributed by atoms with Gasteiger partial charge in [0, 0.05) is 37.6 Å². The number of hydrogen-bond donors (Lipinski definition) is 1. The normalized spacial score (nSPS) is 33.3. The lowest BCUT2D eigenvalue weighted by molar-refractivity contribution is -0.139. The van der Waals surface area contributed by atoms with Gasteiger partial charge in [-0.25, -0.2) is 4.98 Å². The second-order valence-corrected chi connectivity index (χ2v) is 8.24. The van der Waals surface area contributed by atoms with Crippen LogP contribution < -0.4 is 4.90 Å². The minimum atomic E-state index is -0.246. The molecule has 3 aliphatic rings. The minimum Gasteiger partial charge on any atom is -0.393 e. The maximum absolute atomic E-state index is 13.3. The molecule has 1 aromatic heterocycles. The molecule has 1 atom stereocenters. The number of carbonyl (C=O) groups excluding carboxylic acids is 1. The van der Waals surface area contributed by atoms with Gasteiger partial charge in [0.1, 0.15) is 5.15 Å². The summed E-state index contributed by atoms with van der Waals surface area (Å²) in [5, 5.41) is 10.2. The standard InChI is InChI=1S/C19H26ClN3O2/c20-17-12-15(6-9-21-17)22-10-1-7-19(13-22)8-11-23(18(19)25)14-2-4-16(24)5-3-14/h6,9,12,14,16,24H,1-5,7-8,10-11,13H2/t14?,16?,19-/m1/s1. The van der Waals surface area contributed by atoms with Gasteiger partial charge in [0.25, 0.3) is 0 Å². The van der Waals surface area contributed by atoms with Crippen LogP contribution in [0.2, 0.25) is 5.15 Å². The van der Waals surface area contributed by atoms with Crippen LogP contribution in [0.5, 0.6) is 0 Å². The highest BCUT2D eigenvalue weighted by molar-refractivity contribution is 6.29. The summed E-state index contributed by atoms with van der Waals surface area (Å²) in [5.74, 6) is 0.332. The summed E-state index contributed by atoms with van der Waals surface area (Å²) < 4.78 is 0. The maximum atomic E-state index is 13.3. The van der Waals surface area contributed by atoms with Crippen molar-refractivity contribution in [2.45, 2.75) is 57.1 Å². The van der Waals surface area contributed by atoms with E-state index in [1.165, 1.54) is 0 Å². The molecule has 2 saturated heterocycles. The van der Waals surface area contributed by atoms with Crippen LogP contribution in [0.3, 0.4) is 0 Å². The topological polar surface area (TPSA) is 56.7 Å². The molecular weight excluding hydrogens is 338 g/mol. The molecule has 136 valence electrons. The average Bonchev–Trinajstić information content (AvgIpc) is 2.92. The molecule has 0 radical (unpaired) electrons. The van der Waals surface area contributed by atoms with Crippen LogP contribution in [0.4, 0.5) is 5.69 Å². The van der Waals surface area contributed by atoms with Crippen molar-refractivity contribution in [1.29, 1.82) is 0 Å². The molecule has 4 rings (SSSR count). The fourth-order valence-electron chi connectivity index (χ4n) is 4.89. The molecular formula is C19H26ClN3O2. The van der Waals surface area contributed by atoms with Crippen molar-refractivity contribution in [3.63, 3.8) is 0 Å². The molecule has 6 heteroatoms. The Hall–Kier alpha value is -1.33. The third-order valence-corrected chi connectivity index (χ3v) is 6.51. The van der Waals surface area contributed by atoms with E-state index in [4.69, 9.17) is 11.6 Å². The number of anilines is 1. The molecule has 1 aliphatic carbocycles.